The maximum absolute atomic E-state index is 13.4. The smallest absolute Gasteiger partial charge is 0.233 e. The molecule has 2 bridgehead atoms. The fraction of sp³-hybridized carbons (Fsp3) is 0.364. The van der Waals surface area contributed by atoms with Crippen LogP contribution in [0.4, 0.5) is 0 Å². The van der Waals surface area contributed by atoms with Crippen LogP contribution in [0.3, 0.4) is 0 Å². The maximum atomic E-state index is 13.4. The molecule has 0 aliphatic carbocycles. The summed E-state index contributed by atoms with van der Waals surface area (Å²) in [6.07, 6.45) is 0. The van der Waals surface area contributed by atoms with Crippen LogP contribution in [0, 0.1) is 5.92 Å². The lowest BCUT2D eigenvalue weighted by atomic mass is 9.78. The number of fused-ring (bicyclic) bond motifs is 5. The molecule has 1 amide bonds. The molecule has 1 fully saturated rings. The second-order valence-corrected chi connectivity index (χ2v) is 9.60. The van der Waals surface area contributed by atoms with Crippen molar-refractivity contribution in [1.29, 1.82) is 0 Å². The van der Waals surface area contributed by atoms with Gasteiger partial charge in [0.15, 0.2) is 22.3 Å². The quantitative estimate of drug-likeness (QED) is 0.648. The summed E-state index contributed by atoms with van der Waals surface area (Å²) in [4.78, 5) is 16.8. The van der Waals surface area contributed by atoms with Gasteiger partial charge in [-0.1, -0.05) is 29.3 Å². The number of carbonyl (C=O) groups is 1. The Morgan fingerprint density at radius 2 is 2.00 bits per heavy atom. The number of amides is 1. The van der Waals surface area contributed by atoms with Crippen LogP contribution in [-0.2, 0) is 11.3 Å². The highest BCUT2D eigenvalue weighted by Crippen LogP contribution is 2.52. The van der Waals surface area contributed by atoms with E-state index in [1.807, 2.05) is 30.0 Å². The number of halogens is 2. The van der Waals surface area contributed by atoms with Gasteiger partial charge >= 0.3 is 0 Å². The molecule has 5 rings (SSSR count). The van der Waals surface area contributed by atoms with E-state index in [-0.39, 0.29) is 12.7 Å². The van der Waals surface area contributed by atoms with E-state index in [9.17, 15) is 4.79 Å². The summed E-state index contributed by atoms with van der Waals surface area (Å²) in [5.41, 5.74) is 0.561. The van der Waals surface area contributed by atoms with E-state index in [0.29, 0.717) is 44.5 Å². The minimum atomic E-state index is -1.09. The molecule has 2 aromatic rings. The number of thiocarbonyl (C=S) groups is 1. The molecular formula is C22H21Cl2N3O4S. The SMILES string of the molecule is CN(C)C(=O)[C@H]1[C@H]2NC(=S)N(Cc3ccc4c(c3)OCO4)[C@@]1(C)Oc1c(Cl)cc(Cl)cc12. The molecule has 3 heterocycles. The van der Waals surface area contributed by atoms with Crippen LogP contribution >= 0.6 is 35.4 Å². The largest absolute Gasteiger partial charge is 0.465 e. The van der Waals surface area contributed by atoms with E-state index in [0.717, 1.165) is 5.56 Å². The van der Waals surface area contributed by atoms with Gasteiger partial charge in [-0.3, -0.25) is 4.79 Å². The van der Waals surface area contributed by atoms with Gasteiger partial charge in [-0.2, -0.15) is 0 Å². The van der Waals surface area contributed by atoms with Crippen LogP contribution in [-0.4, -0.2) is 47.4 Å². The number of ether oxygens (including phenoxy) is 3. The van der Waals surface area contributed by atoms with Gasteiger partial charge in [0.05, 0.1) is 11.1 Å². The van der Waals surface area contributed by atoms with E-state index in [4.69, 9.17) is 49.6 Å². The number of benzene rings is 2. The standard InChI is InChI=1S/C22H21Cl2N3O4S/c1-22-17(20(28)26(2)3)18(13-7-12(23)8-14(24)19(13)31-22)25-21(32)27(22)9-11-4-5-15-16(6-11)30-10-29-15/h4-8,17-18H,9-10H2,1-3H3,(H,25,32)/t17-,18+,22+/m1/s1. The van der Waals surface area contributed by atoms with Gasteiger partial charge < -0.3 is 29.3 Å². The van der Waals surface area contributed by atoms with Crippen molar-refractivity contribution >= 4 is 46.4 Å². The molecule has 168 valence electrons. The Morgan fingerprint density at radius 1 is 1.25 bits per heavy atom. The third-order valence-corrected chi connectivity index (χ3v) is 6.97. The third-order valence-electron chi connectivity index (χ3n) is 6.14. The summed E-state index contributed by atoms with van der Waals surface area (Å²) in [5.74, 6) is 1.18. The summed E-state index contributed by atoms with van der Waals surface area (Å²) >= 11 is 18.5. The van der Waals surface area contributed by atoms with Crippen molar-refractivity contribution in [2.75, 3.05) is 20.9 Å². The predicted octanol–water partition coefficient (Wildman–Crippen LogP) is 3.97. The van der Waals surface area contributed by atoms with Crippen molar-refractivity contribution in [3.63, 3.8) is 0 Å². The zero-order valence-electron chi connectivity index (χ0n) is 17.6. The number of nitrogens with one attached hydrogen (secondary N) is 1. The van der Waals surface area contributed by atoms with Crippen molar-refractivity contribution in [2.45, 2.75) is 25.2 Å². The average Bonchev–Trinajstić information content (AvgIpc) is 3.19. The minimum absolute atomic E-state index is 0.0927. The molecule has 0 aromatic heterocycles. The molecule has 0 unspecified atom stereocenters. The van der Waals surface area contributed by atoms with Gasteiger partial charge in [-0.15, -0.1) is 0 Å². The van der Waals surface area contributed by atoms with E-state index < -0.39 is 17.7 Å². The van der Waals surface area contributed by atoms with Crippen molar-refractivity contribution < 1.29 is 19.0 Å². The van der Waals surface area contributed by atoms with E-state index in [1.165, 1.54) is 0 Å². The molecular weight excluding hydrogens is 473 g/mol. The summed E-state index contributed by atoms with van der Waals surface area (Å²) in [7, 11) is 3.45. The number of carbonyl (C=O) groups excluding carboxylic acids is 1. The van der Waals surface area contributed by atoms with Crippen LogP contribution in [0.1, 0.15) is 24.1 Å². The zero-order chi connectivity index (χ0) is 22.8. The lowest BCUT2D eigenvalue weighted by Crippen LogP contribution is -2.71. The highest BCUT2D eigenvalue weighted by molar-refractivity contribution is 7.80. The monoisotopic (exact) mass is 493 g/mol. The van der Waals surface area contributed by atoms with Crippen molar-refractivity contribution in [3.05, 3.63) is 51.5 Å². The number of rotatable bonds is 3. The second-order valence-electron chi connectivity index (χ2n) is 8.37. The molecule has 1 N–H and O–H groups in total. The highest BCUT2D eigenvalue weighted by atomic mass is 35.5. The zero-order valence-corrected chi connectivity index (χ0v) is 20.0. The maximum Gasteiger partial charge on any atom is 0.233 e. The van der Waals surface area contributed by atoms with Crippen LogP contribution < -0.4 is 19.5 Å². The van der Waals surface area contributed by atoms with E-state index >= 15 is 0 Å². The fourth-order valence-corrected chi connectivity index (χ4v) is 5.50. The third kappa shape index (κ3) is 3.24. The first-order valence-corrected chi connectivity index (χ1v) is 11.2. The molecule has 0 radical (unpaired) electrons. The summed E-state index contributed by atoms with van der Waals surface area (Å²) < 4.78 is 17.4. The lowest BCUT2D eigenvalue weighted by Gasteiger charge is -2.56. The van der Waals surface area contributed by atoms with Crippen LogP contribution in [0.5, 0.6) is 17.2 Å². The Kier molecular flexibility index (Phi) is 5.07. The molecule has 3 atom stereocenters. The Hall–Kier alpha value is -2.42. The first-order valence-electron chi connectivity index (χ1n) is 10.0. The Morgan fingerprint density at radius 3 is 2.75 bits per heavy atom. The molecule has 7 nitrogen and oxygen atoms in total. The van der Waals surface area contributed by atoms with E-state index in [1.54, 1.807) is 31.1 Å². The van der Waals surface area contributed by atoms with E-state index in [2.05, 4.69) is 5.32 Å². The normalized spacial score (nSPS) is 25.0. The molecule has 1 saturated heterocycles. The van der Waals surface area contributed by atoms with Crippen LogP contribution in [0.15, 0.2) is 30.3 Å². The first kappa shape index (κ1) is 21.4. The molecule has 3 aliphatic rings. The van der Waals surface area contributed by atoms with Crippen molar-refractivity contribution in [1.82, 2.24) is 15.1 Å². The van der Waals surface area contributed by atoms with Crippen molar-refractivity contribution in [2.24, 2.45) is 5.92 Å². The molecule has 0 saturated carbocycles. The molecule has 32 heavy (non-hydrogen) atoms. The van der Waals surface area contributed by atoms with Gasteiger partial charge in [0.25, 0.3) is 0 Å². The number of nitrogens with zero attached hydrogens (tertiary/aromatic N) is 2. The summed E-state index contributed by atoms with van der Waals surface area (Å²) in [6.45, 7) is 2.46. The summed E-state index contributed by atoms with van der Waals surface area (Å²) in [6, 6.07) is 8.68. The Bertz CT molecular complexity index is 1140. The Labute approximate surface area is 201 Å². The van der Waals surface area contributed by atoms with Gasteiger partial charge in [-0.05, 0) is 49.0 Å². The summed E-state index contributed by atoms with van der Waals surface area (Å²) in [5, 5.41) is 4.67. The van der Waals surface area contributed by atoms with Crippen molar-refractivity contribution in [3.8, 4) is 17.2 Å². The second kappa shape index (κ2) is 7.57. The number of hydrogen-bond donors (Lipinski definition) is 1. The van der Waals surface area contributed by atoms with Gasteiger partial charge in [0, 0.05) is 31.2 Å². The van der Waals surface area contributed by atoms with Gasteiger partial charge in [-0.25, -0.2) is 0 Å². The lowest BCUT2D eigenvalue weighted by molar-refractivity contribution is -0.162. The highest BCUT2D eigenvalue weighted by Gasteiger charge is 2.59. The number of hydrogen-bond acceptors (Lipinski definition) is 5. The topological polar surface area (TPSA) is 63.3 Å². The minimum Gasteiger partial charge on any atom is -0.465 e. The van der Waals surface area contributed by atoms with Crippen LogP contribution in [0.2, 0.25) is 10.0 Å². The average molecular weight is 494 g/mol. The fourth-order valence-electron chi connectivity index (χ4n) is 4.58. The van der Waals surface area contributed by atoms with Gasteiger partial charge in [0.1, 0.15) is 11.7 Å². The van der Waals surface area contributed by atoms with Crippen LogP contribution in [0.25, 0.3) is 0 Å². The molecule has 10 heteroatoms. The predicted molar refractivity (Wildman–Crippen MR) is 124 cm³/mol. The molecule has 0 spiro atoms. The molecule has 2 aromatic carbocycles. The molecule has 3 aliphatic heterocycles. The Balaban J connectivity index is 1.60. The van der Waals surface area contributed by atoms with Gasteiger partial charge in [0.2, 0.25) is 12.7 Å². The first-order chi connectivity index (χ1) is 15.2.